The smallest absolute Gasteiger partial charge is 0.260 e. The van der Waals surface area contributed by atoms with E-state index in [-0.39, 0.29) is 34.2 Å². The summed E-state index contributed by atoms with van der Waals surface area (Å²) in [5, 5.41) is 5.96. The Bertz CT molecular complexity index is 1420. The molecule has 0 fully saturated rings. The van der Waals surface area contributed by atoms with Crippen LogP contribution in [0, 0.1) is 12.7 Å². The zero-order chi connectivity index (χ0) is 24.6. The normalized spacial score (nSPS) is 10.6. The lowest BCUT2D eigenvalue weighted by molar-refractivity contribution is 0.101. The van der Waals surface area contributed by atoms with Gasteiger partial charge >= 0.3 is 0 Å². The maximum absolute atomic E-state index is 14.2. The van der Waals surface area contributed by atoms with Gasteiger partial charge in [-0.2, -0.15) is 0 Å². The van der Waals surface area contributed by atoms with E-state index in [9.17, 15) is 14.0 Å². The van der Waals surface area contributed by atoms with Crippen molar-refractivity contribution in [3.63, 3.8) is 0 Å². The first kappa shape index (κ1) is 26.3. The molecule has 3 aromatic carbocycles. The van der Waals surface area contributed by atoms with Gasteiger partial charge in [0.05, 0.1) is 21.7 Å². The average Bonchev–Trinajstić information content (AvgIpc) is 3.21. The Kier molecular flexibility index (Phi) is 7.90. The fraction of sp³-hybridized carbons (Fsp3) is 0.125. The molecule has 11 heteroatoms. The van der Waals surface area contributed by atoms with Crippen molar-refractivity contribution in [3.8, 4) is 0 Å². The van der Waals surface area contributed by atoms with E-state index in [4.69, 9.17) is 23.2 Å². The van der Waals surface area contributed by atoms with Crippen LogP contribution >= 0.6 is 35.6 Å². The second-order valence-electron chi connectivity index (χ2n) is 7.79. The molecule has 2 amide bonds. The number of benzene rings is 3. The number of rotatable bonds is 5. The molecular weight excluding hydrogens is 516 g/mol. The van der Waals surface area contributed by atoms with Gasteiger partial charge in [-0.15, -0.1) is 12.4 Å². The Morgan fingerprint density at radius 2 is 1.69 bits per heavy atom. The third-order valence-corrected chi connectivity index (χ3v) is 5.93. The zero-order valence-electron chi connectivity index (χ0n) is 18.9. The predicted molar refractivity (Wildman–Crippen MR) is 141 cm³/mol. The monoisotopic (exact) mass is 535 g/mol. The number of H-pyrrole nitrogens is 1. The average molecular weight is 537 g/mol. The number of hydrogen-bond acceptors (Lipinski definition) is 4. The number of imidazole rings is 1. The summed E-state index contributed by atoms with van der Waals surface area (Å²) >= 11 is 12.2. The highest BCUT2D eigenvalue weighted by Gasteiger charge is 2.20. The molecule has 0 aliphatic carbocycles. The third kappa shape index (κ3) is 5.35. The van der Waals surface area contributed by atoms with E-state index in [0.29, 0.717) is 33.3 Å². The molecule has 7 nitrogen and oxygen atoms in total. The van der Waals surface area contributed by atoms with Crippen LogP contribution in [0.25, 0.3) is 11.0 Å². The number of fused-ring (bicyclic) bond motifs is 1. The van der Waals surface area contributed by atoms with E-state index in [1.807, 2.05) is 0 Å². The van der Waals surface area contributed by atoms with Gasteiger partial charge in [-0.3, -0.25) is 9.59 Å². The molecule has 4 aromatic rings. The molecule has 1 aromatic heterocycles. The van der Waals surface area contributed by atoms with E-state index in [0.717, 1.165) is 6.07 Å². The molecule has 0 saturated carbocycles. The summed E-state index contributed by atoms with van der Waals surface area (Å²) in [4.78, 5) is 35.4. The van der Waals surface area contributed by atoms with Crippen LogP contribution in [-0.4, -0.2) is 35.9 Å². The Morgan fingerprint density at radius 1 is 1.00 bits per heavy atom. The molecule has 0 radical (unpaired) electrons. The maximum atomic E-state index is 14.2. The highest BCUT2D eigenvalue weighted by Crippen LogP contribution is 2.29. The molecule has 1 heterocycles. The molecule has 0 bridgehead atoms. The largest absolute Gasteiger partial charge is 0.349 e. The second-order valence-corrected chi connectivity index (χ2v) is 8.61. The van der Waals surface area contributed by atoms with E-state index < -0.39 is 17.6 Å². The topological polar surface area (TPSA) is 90.1 Å². The molecule has 0 saturated heterocycles. The first-order valence-corrected chi connectivity index (χ1v) is 10.9. The first-order valence-electron chi connectivity index (χ1n) is 10.2. The van der Waals surface area contributed by atoms with Crippen LogP contribution in [0.4, 0.5) is 21.7 Å². The van der Waals surface area contributed by atoms with Crippen LogP contribution in [0.15, 0.2) is 48.5 Å². The molecular formula is C24H21Cl3FN5O2. The summed E-state index contributed by atoms with van der Waals surface area (Å²) in [6.07, 6.45) is 0. The molecule has 182 valence electrons. The minimum Gasteiger partial charge on any atom is -0.349 e. The number of carbonyl (C=O) groups excluding carboxylic acids is 2. The summed E-state index contributed by atoms with van der Waals surface area (Å²) in [6.45, 7) is 1.79. The van der Waals surface area contributed by atoms with Gasteiger partial charge in [-0.25, -0.2) is 9.37 Å². The van der Waals surface area contributed by atoms with Gasteiger partial charge in [-0.05, 0) is 48.9 Å². The van der Waals surface area contributed by atoms with Crippen molar-refractivity contribution in [2.45, 2.75) is 6.92 Å². The Morgan fingerprint density at radius 3 is 2.37 bits per heavy atom. The van der Waals surface area contributed by atoms with E-state index in [1.165, 1.54) is 18.2 Å². The lowest BCUT2D eigenvalue weighted by atomic mass is 10.1. The fourth-order valence-corrected chi connectivity index (χ4v) is 3.83. The summed E-state index contributed by atoms with van der Waals surface area (Å²) in [5.41, 5.74) is 2.35. The molecule has 35 heavy (non-hydrogen) atoms. The van der Waals surface area contributed by atoms with Gasteiger partial charge in [0.25, 0.3) is 11.8 Å². The van der Waals surface area contributed by atoms with Crippen molar-refractivity contribution >= 4 is 75.8 Å². The van der Waals surface area contributed by atoms with Crippen molar-refractivity contribution in [1.82, 2.24) is 9.97 Å². The lowest BCUT2D eigenvalue weighted by Gasteiger charge is -2.12. The van der Waals surface area contributed by atoms with Crippen molar-refractivity contribution in [2.75, 3.05) is 29.6 Å². The fourth-order valence-electron chi connectivity index (χ4n) is 3.40. The van der Waals surface area contributed by atoms with Gasteiger partial charge in [0.1, 0.15) is 11.3 Å². The van der Waals surface area contributed by atoms with Gasteiger partial charge in [0.2, 0.25) is 5.95 Å². The number of amides is 2. The summed E-state index contributed by atoms with van der Waals surface area (Å²) in [7, 11) is 3.60. The Balaban J connectivity index is 0.00000342. The number of aromatic nitrogens is 2. The summed E-state index contributed by atoms with van der Waals surface area (Å²) in [5.74, 6) is -1.43. The molecule has 3 N–H and O–H groups in total. The number of nitrogens with one attached hydrogen (secondary N) is 3. The minimum atomic E-state index is -0.753. The number of aromatic amines is 1. The van der Waals surface area contributed by atoms with Gasteiger partial charge in [-0.1, -0.05) is 35.3 Å². The van der Waals surface area contributed by atoms with Crippen molar-refractivity contribution in [3.05, 3.63) is 81.1 Å². The van der Waals surface area contributed by atoms with E-state index in [2.05, 4.69) is 20.6 Å². The third-order valence-electron chi connectivity index (χ3n) is 5.21. The Hall–Kier alpha value is -3.33. The van der Waals surface area contributed by atoms with Crippen LogP contribution in [-0.2, 0) is 0 Å². The van der Waals surface area contributed by atoms with Crippen molar-refractivity contribution in [2.24, 2.45) is 0 Å². The summed E-state index contributed by atoms with van der Waals surface area (Å²) < 4.78 is 14.2. The lowest BCUT2D eigenvalue weighted by Crippen LogP contribution is -2.17. The number of hydrogen-bond donors (Lipinski definition) is 3. The molecule has 0 spiro atoms. The minimum absolute atomic E-state index is 0. The van der Waals surface area contributed by atoms with Crippen LogP contribution in [0.1, 0.15) is 26.3 Å². The number of nitrogens with zero attached hydrogens (tertiary/aromatic N) is 2. The number of halogens is 4. The Labute approximate surface area is 217 Å². The molecule has 4 rings (SSSR count). The molecule has 0 aliphatic rings. The van der Waals surface area contributed by atoms with Gasteiger partial charge in [0.15, 0.2) is 0 Å². The second kappa shape index (κ2) is 10.5. The van der Waals surface area contributed by atoms with E-state index in [1.54, 1.807) is 50.2 Å². The predicted octanol–water partition coefficient (Wildman–Crippen LogP) is 6.31. The molecule has 0 atom stereocenters. The summed E-state index contributed by atoms with van der Waals surface area (Å²) in [6, 6.07) is 12.3. The zero-order valence-corrected chi connectivity index (χ0v) is 21.2. The van der Waals surface area contributed by atoms with Crippen molar-refractivity contribution < 1.29 is 14.0 Å². The first-order chi connectivity index (χ1) is 16.2. The van der Waals surface area contributed by atoms with Crippen LogP contribution < -0.4 is 15.5 Å². The highest BCUT2D eigenvalue weighted by atomic mass is 35.5. The van der Waals surface area contributed by atoms with Crippen molar-refractivity contribution in [1.29, 1.82) is 0 Å². The maximum Gasteiger partial charge on any atom is 0.260 e. The number of carbonyl (C=O) groups is 2. The highest BCUT2D eigenvalue weighted by molar-refractivity contribution is 6.34. The van der Waals surface area contributed by atoms with E-state index >= 15 is 0 Å². The molecule has 0 unspecified atom stereocenters. The molecule has 0 aliphatic heterocycles. The quantitative estimate of drug-likeness (QED) is 0.279. The van der Waals surface area contributed by atoms with Crippen LogP contribution in [0.2, 0.25) is 10.0 Å². The van der Waals surface area contributed by atoms with Crippen LogP contribution in [0.5, 0.6) is 0 Å². The van der Waals surface area contributed by atoms with Crippen LogP contribution in [0.3, 0.4) is 0 Å². The number of anilines is 3. The van der Waals surface area contributed by atoms with Gasteiger partial charge < -0.3 is 20.5 Å². The van der Waals surface area contributed by atoms with Gasteiger partial charge in [0, 0.05) is 30.5 Å². The SMILES string of the molecule is Cc1c(Cl)cccc1NC(=O)c1cc(NC(=O)c2c(F)cccc2Cl)cc2[nH]c(N(C)C)nc12.Cl. The standard InChI is InChI=1S/C24H20Cl2FN5O2.ClH/c1-12-15(25)6-5-9-18(12)29-22(33)14-10-13(11-19-21(14)31-24(30-19)32(2)3)28-23(34)20-16(26)7-4-8-17(20)27;/h4-11H,1-3H3,(H,28,34)(H,29,33)(H,30,31);1H.